The van der Waals surface area contributed by atoms with Gasteiger partial charge >= 0.3 is 0 Å². The lowest BCUT2D eigenvalue weighted by molar-refractivity contribution is -0.339. The highest BCUT2D eigenvalue weighted by Crippen LogP contribution is 2.33. The van der Waals surface area contributed by atoms with E-state index < -0.39 is 30.8 Å². The Kier molecular flexibility index (Phi) is 4.02. The predicted octanol–water partition coefficient (Wildman–Crippen LogP) is 0.160. The van der Waals surface area contributed by atoms with Crippen molar-refractivity contribution in [3.05, 3.63) is 35.9 Å². The molecule has 0 aliphatic carbocycles. The second-order valence-corrected chi connectivity index (χ2v) is 5.02. The molecule has 3 N–H and O–H groups in total. The summed E-state index contributed by atoms with van der Waals surface area (Å²) in [6, 6.07) is 8.93. The fraction of sp³-hybridized carbons (Fsp3) is 0.571. The van der Waals surface area contributed by atoms with Gasteiger partial charge in [-0.3, -0.25) is 0 Å². The molecule has 6 heteroatoms. The van der Waals surface area contributed by atoms with Crippen LogP contribution in [-0.2, 0) is 18.9 Å². The molecule has 0 aromatic heterocycles. The van der Waals surface area contributed by atoms with Gasteiger partial charge in [-0.2, -0.15) is 0 Å². The first kappa shape index (κ1) is 13.9. The number of hydrogen-bond donors (Lipinski definition) is 2. The molecule has 2 fully saturated rings. The van der Waals surface area contributed by atoms with Gasteiger partial charge in [-0.1, -0.05) is 30.3 Å². The van der Waals surface area contributed by atoms with Crippen LogP contribution in [0.15, 0.2) is 30.3 Å². The predicted molar refractivity (Wildman–Crippen MR) is 69.7 cm³/mol. The topological polar surface area (TPSA) is 83.2 Å². The highest BCUT2D eigenvalue weighted by molar-refractivity contribution is 5.16. The molecule has 2 aliphatic rings. The summed E-state index contributed by atoms with van der Waals surface area (Å²) in [5, 5.41) is 10.3. The average Bonchev–Trinajstić information content (AvgIpc) is 2.51. The van der Waals surface area contributed by atoms with Gasteiger partial charge in [-0.25, -0.2) is 0 Å². The van der Waals surface area contributed by atoms with Gasteiger partial charge < -0.3 is 29.8 Å². The molecule has 20 heavy (non-hydrogen) atoms. The lowest BCUT2D eigenvalue weighted by Crippen LogP contribution is -2.64. The minimum absolute atomic E-state index is 0.327. The maximum absolute atomic E-state index is 10.3. The smallest absolute Gasteiger partial charge is 0.184 e. The van der Waals surface area contributed by atoms with Crippen molar-refractivity contribution in [1.82, 2.24) is 0 Å². The van der Waals surface area contributed by atoms with Crippen LogP contribution in [0.4, 0.5) is 0 Å². The highest BCUT2D eigenvalue weighted by atomic mass is 16.7. The van der Waals surface area contributed by atoms with E-state index in [0.29, 0.717) is 6.61 Å². The van der Waals surface area contributed by atoms with Gasteiger partial charge in [0.05, 0.1) is 12.6 Å². The van der Waals surface area contributed by atoms with Crippen LogP contribution in [0.2, 0.25) is 0 Å². The van der Waals surface area contributed by atoms with Gasteiger partial charge in [0.25, 0.3) is 0 Å². The van der Waals surface area contributed by atoms with Crippen molar-refractivity contribution in [3.63, 3.8) is 0 Å². The minimum atomic E-state index is -0.853. The first-order valence-electron chi connectivity index (χ1n) is 6.64. The third kappa shape index (κ3) is 2.46. The summed E-state index contributed by atoms with van der Waals surface area (Å²) >= 11 is 0. The molecule has 3 rings (SSSR count). The minimum Gasteiger partial charge on any atom is -0.388 e. The second-order valence-electron chi connectivity index (χ2n) is 5.02. The molecule has 0 radical (unpaired) electrons. The monoisotopic (exact) mass is 281 g/mol. The number of rotatable bonds is 2. The molecule has 0 unspecified atom stereocenters. The molecule has 1 aromatic carbocycles. The Bertz CT molecular complexity index is 440. The third-order valence-corrected chi connectivity index (χ3v) is 3.72. The van der Waals surface area contributed by atoms with E-state index in [1.54, 1.807) is 0 Å². The summed E-state index contributed by atoms with van der Waals surface area (Å²) in [4.78, 5) is 0. The fourth-order valence-electron chi connectivity index (χ4n) is 2.60. The van der Waals surface area contributed by atoms with Gasteiger partial charge in [0, 0.05) is 12.7 Å². The SMILES string of the molecule is CO[C@@H]1O[C@@H]2CO[C@H](c3ccccc3)O[C@@H]2[C@@H](O)[C@H]1N. The lowest BCUT2D eigenvalue weighted by atomic mass is 9.96. The zero-order valence-corrected chi connectivity index (χ0v) is 11.2. The van der Waals surface area contributed by atoms with E-state index in [0.717, 1.165) is 5.56 Å². The van der Waals surface area contributed by atoms with Crippen LogP contribution in [-0.4, -0.2) is 49.5 Å². The first-order valence-corrected chi connectivity index (χ1v) is 6.64. The van der Waals surface area contributed by atoms with Gasteiger partial charge in [-0.05, 0) is 0 Å². The van der Waals surface area contributed by atoms with Crippen molar-refractivity contribution in [2.75, 3.05) is 13.7 Å². The number of hydrogen-bond acceptors (Lipinski definition) is 6. The van der Waals surface area contributed by atoms with E-state index in [1.807, 2.05) is 30.3 Å². The summed E-state index contributed by atoms with van der Waals surface area (Å²) < 4.78 is 22.2. The number of aliphatic hydroxyl groups excluding tert-OH is 1. The summed E-state index contributed by atoms with van der Waals surface area (Å²) in [5.74, 6) is 0. The fourth-order valence-corrected chi connectivity index (χ4v) is 2.60. The van der Waals surface area contributed by atoms with E-state index in [2.05, 4.69) is 0 Å². The van der Waals surface area contributed by atoms with E-state index in [9.17, 15) is 5.11 Å². The van der Waals surface area contributed by atoms with Gasteiger partial charge in [0.2, 0.25) is 0 Å². The van der Waals surface area contributed by atoms with Crippen molar-refractivity contribution in [3.8, 4) is 0 Å². The second kappa shape index (κ2) is 5.77. The maximum atomic E-state index is 10.3. The standard InChI is InChI=1S/C14H19NO5/c1-17-14-10(15)11(16)12-9(19-14)7-18-13(20-12)8-5-3-2-4-6-8/h2-6,9-14,16H,7,15H2,1H3/t9-,10-,11+,12+,13+,14-/m1/s1. The Labute approximate surface area is 117 Å². The zero-order chi connectivity index (χ0) is 14.1. The van der Waals surface area contributed by atoms with Crippen molar-refractivity contribution in [2.24, 2.45) is 5.73 Å². The summed E-state index contributed by atoms with van der Waals surface area (Å²) in [5.41, 5.74) is 6.81. The number of methoxy groups -OCH3 is 1. The maximum Gasteiger partial charge on any atom is 0.184 e. The van der Waals surface area contributed by atoms with Crippen molar-refractivity contribution in [2.45, 2.75) is 36.9 Å². The molecular formula is C14H19NO5. The van der Waals surface area contributed by atoms with Gasteiger partial charge in [0.1, 0.15) is 18.3 Å². The first-order chi connectivity index (χ1) is 9.70. The van der Waals surface area contributed by atoms with E-state index in [4.69, 9.17) is 24.7 Å². The van der Waals surface area contributed by atoms with Gasteiger partial charge in [0.15, 0.2) is 12.6 Å². The Morgan fingerprint density at radius 3 is 2.70 bits per heavy atom. The number of ether oxygens (including phenoxy) is 4. The molecule has 0 saturated carbocycles. The van der Waals surface area contributed by atoms with Crippen LogP contribution in [0.3, 0.4) is 0 Å². The summed E-state index contributed by atoms with van der Waals surface area (Å²) in [6.45, 7) is 0.327. The highest BCUT2D eigenvalue weighted by Gasteiger charge is 2.48. The quantitative estimate of drug-likeness (QED) is 0.803. The summed E-state index contributed by atoms with van der Waals surface area (Å²) in [6.07, 6.45) is -2.91. The largest absolute Gasteiger partial charge is 0.388 e. The molecule has 2 aliphatic heterocycles. The Balaban J connectivity index is 1.74. The summed E-state index contributed by atoms with van der Waals surface area (Å²) in [7, 11) is 1.49. The molecule has 110 valence electrons. The molecule has 2 saturated heterocycles. The molecule has 6 nitrogen and oxygen atoms in total. The molecule has 0 amide bonds. The molecule has 1 aromatic rings. The number of nitrogens with two attached hydrogens (primary N) is 1. The Morgan fingerprint density at radius 2 is 2.00 bits per heavy atom. The zero-order valence-electron chi connectivity index (χ0n) is 11.2. The van der Waals surface area contributed by atoms with Gasteiger partial charge in [-0.15, -0.1) is 0 Å². The normalized spacial score (nSPS) is 41.1. The van der Waals surface area contributed by atoms with Crippen LogP contribution in [0, 0.1) is 0 Å². The Hall–Kier alpha value is -1.02. The third-order valence-electron chi connectivity index (χ3n) is 3.72. The number of fused-ring (bicyclic) bond motifs is 1. The van der Waals surface area contributed by atoms with Crippen LogP contribution in [0.5, 0.6) is 0 Å². The molecule has 0 spiro atoms. The van der Waals surface area contributed by atoms with Crippen LogP contribution >= 0.6 is 0 Å². The van der Waals surface area contributed by atoms with Crippen molar-refractivity contribution >= 4 is 0 Å². The number of benzene rings is 1. The molecule has 6 atom stereocenters. The van der Waals surface area contributed by atoms with Crippen LogP contribution in [0.25, 0.3) is 0 Å². The molecule has 0 bridgehead atoms. The van der Waals surface area contributed by atoms with E-state index >= 15 is 0 Å². The Morgan fingerprint density at radius 1 is 1.25 bits per heavy atom. The molecule has 2 heterocycles. The molecular weight excluding hydrogens is 262 g/mol. The number of aliphatic hydroxyl groups is 1. The van der Waals surface area contributed by atoms with Crippen molar-refractivity contribution < 1.29 is 24.1 Å². The lowest BCUT2D eigenvalue weighted by Gasteiger charge is -2.46. The average molecular weight is 281 g/mol. The van der Waals surface area contributed by atoms with Crippen molar-refractivity contribution in [1.29, 1.82) is 0 Å². The van der Waals surface area contributed by atoms with Crippen LogP contribution in [0.1, 0.15) is 11.9 Å². The van der Waals surface area contributed by atoms with Crippen LogP contribution < -0.4 is 5.73 Å². The van der Waals surface area contributed by atoms with E-state index in [-0.39, 0.29) is 6.10 Å². The van der Waals surface area contributed by atoms with E-state index in [1.165, 1.54) is 7.11 Å².